The summed E-state index contributed by atoms with van der Waals surface area (Å²) in [5, 5.41) is 3.51. The van der Waals surface area contributed by atoms with Gasteiger partial charge in [0.15, 0.2) is 4.47 Å². The van der Waals surface area contributed by atoms with Gasteiger partial charge in [-0.25, -0.2) is 4.98 Å². The molecule has 1 aromatic heterocycles. The Labute approximate surface area is 128 Å². The van der Waals surface area contributed by atoms with Gasteiger partial charge in [-0.15, -0.1) is 11.3 Å². The van der Waals surface area contributed by atoms with Crippen LogP contribution in [0.2, 0.25) is 4.47 Å². The molecule has 0 bridgehead atoms. The van der Waals surface area contributed by atoms with Gasteiger partial charge in [0, 0.05) is 24.2 Å². The lowest BCUT2D eigenvalue weighted by Gasteiger charge is -2.30. The fraction of sp³-hybridized carbons (Fsp3) is 0.400. The molecule has 1 N–H and O–H groups in total. The molecular weight excluding hydrogens is 290 g/mol. The van der Waals surface area contributed by atoms with E-state index in [1.807, 2.05) is 6.20 Å². The zero-order chi connectivity index (χ0) is 13.8. The lowest BCUT2D eigenvalue weighted by atomic mass is 10.1. The van der Waals surface area contributed by atoms with Crippen LogP contribution in [0.25, 0.3) is 0 Å². The molecule has 0 spiro atoms. The molecule has 0 radical (unpaired) electrons. The summed E-state index contributed by atoms with van der Waals surface area (Å²) in [5.74, 6) is 0. The number of anilines is 2. The average molecular weight is 308 g/mol. The van der Waals surface area contributed by atoms with E-state index in [4.69, 9.17) is 11.6 Å². The van der Waals surface area contributed by atoms with E-state index in [9.17, 15) is 0 Å². The molecule has 0 atom stereocenters. The smallest absolute Gasteiger partial charge is 0.183 e. The molecular formula is C15H18ClN3S. The number of thiazole rings is 1. The van der Waals surface area contributed by atoms with Crippen molar-refractivity contribution < 1.29 is 0 Å². The van der Waals surface area contributed by atoms with Crippen LogP contribution >= 0.6 is 22.9 Å². The van der Waals surface area contributed by atoms with Crippen molar-refractivity contribution in [2.24, 2.45) is 0 Å². The topological polar surface area (TPSA) is 28.2 Å². The Balaban J connectivity index is 1.72. The Morgan fingerprint density at radius 2 is 2.00 bits per heavy atom. The molecule has 106 valence electrons. The van der Waals surface area contributed by atoms with E-state index >= 15 is 0 Å². The molecule has 2 heterocycles. The zero-order valence-electron chi connectivity index (χ0n) is 11.3. The van der Waals surface area contributed by atoms with Crippen LogP contribution in [0.15, 0.2) is 30.5 Å². The van der Waals surface area contributed by atoms with E-state index in [1.54, 1.807) is 0 Å². The van der Waals surface area contributed by atoms with Crippen molar-refractivity contribution >= 4 is 34.3 Å². The quantitative estimate of drug-likeness (QED) is 0.907. The summed E-state index contributed by atoms with van der Waals surface area (Å²) in [5.41, 5.74) is 2.50. The van der Waals surface area contributed by atoms with Gasteiger partial charge in [0.25, 0.3) is 0 Å². The lowest BCUT2D eigenvalue weighted by Crippen LogP contribution is -2.30. The van der Waals surface area contributed by atoms with Crippen molar-refractivity contribution in [3.8, 4) is 0 Å². The van der Waals surface area contributed by atoms with E-state index in [0.29, 0.717) is 4.47 Å². The SMILES string of the molecule is Clc1ncc(CNc2ccccc2N2CCCCC2)s1. The van der Waals surface area contributed by atoms with Crippen molar-refractivity contribution in [2.75, 3.05) is 23.3 Å². The second kappa shape index (κ2) is 6.46. The minimum atomic E-state index is 0.603. The van der Waals surface area contributed by atoms with Crippen LogP contribution in [0.3, 0.4) is 0 Å². The van der Waals surface area contributed by atoms with Gasteiger partial charge < -0.3 is 10.2 Å². The molecule has 1 saturated heterocycles. The second-order valence-corrected chi connectivity index (χ2v) is 6.70. The highest BCUT2D eigenvalue weighted by atomic mass is 35.5. The standard InChI is InChI=1S/C15H18ClN3S/c16-15-18-11-12(20-15)10-17-13-6-2-3-7-14(13)19-8-4-1-5-9-19/h2-3,6-7,11,17H,1,4-5,8-10H2. The first-order valence-electron chi connectivity index (χ1n) is 7.01. The van der Waals surface area contributed by atoms with E-state index in [-0.39, 0.29) is 0 Å². The molecule has 3 nitrogen and oxygen atoms in total. The molecule has 0 unspecified atom stereocenters. The highest BCUT2D eigenvalue weighted by molar-refractivity contribution is 7.15. The van der Waals surface area contributed by atoms with Crippen molar-refractivity contribution in [2.45, 2.75) is 25.8 Å². The normalized spacial score (nSPS) is 15.3. The van der Waals surface area contributed by atoms with Crippen molar-refractivity contribution in [1.29, 1.82) is 0 Å². The number of aromatic nitrogens is 1. The molecule has 0 saturated carbocycles. The number of nitrogens with zero attached hydrogens (tertiary/aromatic N) is 2. The summed E-state index contributed by atoms with van der Waals surface area (Å²) in [4.78, 5) is 7.71. The van der Waals surface area contributed by atoms with E-state index in [1.165, 1.54) is 42.0 Å². The summed E-state index contributed by atoms with van der Waals surface area (Å²) < 4.78 is 0.603. The fourth-order valence-corrected chi connectivity index (χ4v) is 3.50. The average Bonchev–Trinajstić information content (AvgIpc) is 2.92. The molecule has 0 aliphatic carbocycles. The minimum Gasteiger partial charge on any atom is -0.378 e. The van der Waals surface area contributed by atoms with Crippen molar-refractivity contribution in [3.05, 3.63) is 39.8 Å². The third kappa shape index (κ3) is 3.25. The van der Waals surface area contributed by atoms with E-state index in [0.717, 1.165) is 24.5 Å². The first kappa shape index (κ1) is 13.7. The number of hydrogen-bond donors (Lipinski definition) is 1. The maximum absolute atomic E-state index is 5.87. The molecule has 1 aliphatic heterocycles. The van der Waals surface area contributed by atoms with Gasteiger partial charge in [-0.2, -0.15) is 0 Å². The van der Waals surface area contributed by atoms with Crippen LogP contribution in [0.5, 0.6) is 0 Å². The first-order chi connectivity index (χ1) is 9.83. The van der Waals surface area contributed by atoms with Crippen LogP contribution < -0.4 is 10.2 Å². The van der Waals surface area contributed by atoms with Gasteiger partial charge >= 0.3 is 0 Å². The molecule has 0 amide bonds. The zero-order valence-corrected chi connectivity index (χ0v) is 12.9. The molecule has 5 heteroatoms. The highest BCUT2D eigenvalue weighted by Gasteiger charge is 2.14. The minimum absolute atomic E-state index is 0.603. The van der Waals surface area contributed by atoms with Gasteiger partial charge in [0.05, 0.1) is 17.9 Å². The second-order valence-electron chi connectivity index (χ2n) is 5.00. The lowest BCUT2D eigenvalue weighted by molar-refractivity contribution is 0.578. The fourth-order valence-electron chi connectivity index (χ4n) is 2.58. The third-order valence-electron chi connectivity index (χ3n) is 3.58. The van der Waals surface area contributed by atoms with Crippen molar-refractivity contribution in [1.82, 2.24) is 4.98 Å². The molecule has 20 heavy (non-hydrogen) atoms. The van der Waals surface area contributed by atoms with E-state index in [2.05, 4.69) is 39.5 Å². The largest absolute Gasteiger partial charge is 0.378 e. The van der Waals surface area contributed by atoms with Gasteiger partial charge in [0.1, 0.15) is 0 Å². The Hall–Kier alpha value is -1.26. The molecule has 1 aliphatic rings. The number of halogens is 1. The summed E-state index contributed by atoms with van der Waals surface area (Å²) in [6, 6.07) is 8.54. The van der Waals surface area contributed by atoms with Crippen LogP contribution in [-0.4, -0.2) is 18.1 Å². The summed E-state index contributed by atoms with van der Waals surface area (Å²) >= 11 is 7.39. The molecule has 1 fully saturated rings. The maximum atomic E-state index is 5.87. The number of piperidine rings is 1. The van der Waals surface area contributed by atoms with Gasteiger partial charge in [-0.3, -0.25) is 0 Å². The summed E-state index contributed by atoms with van der Waals surface area (Å²) in [6.07, 6.45) is 5.77. The number of para-hydroxylation sites is 2. The number of nitrogens with one attached hydrogen (secondary N) is 1. The van der Waals surface area contributed by atoms with Crippen LogP contribution in [-0.2, 0) is 6.54 Å². The van der Waals surface area contributed by atoms with Gasteiger partial charge in [-0.1, -0.05) is 23.7 Å². The van der Waals surface area contributed by atoms with E-state index < -0.39 is 0 Å². The van der Waals surface area contributed by atoms with Gasteiger partial charge in [0.2, 0.25) is 0 Å². The van der Waals surface area contributed by atoms with Crippen molar-refractivity contribution in [3.63, 3.8) is 0 Å². The summed E-state index contributed by atoms with van der Waals surface area (Å²) in [6.45, 7) is 3.09. The Morgan fingerprint density at radius 1 is 1.20 bits per heavy atom. The monoisotopic (exact) mass is 307 g/mol. The Bertz CT molecular complexity index is 564. The summed E-state index contributed by atoms with van der Waals surface area (Å²) in [7, 11) is 0. The maximum Gasteiger partial charge on any atom is 0.183 e. The van der Waals surface area contributed by atoms with Crippen LogP contribution in [0, 0.1) is 0 Å². The molecule has 3 rings (SSSR count). The highest BCUT2D eigenvalue weighted by Crippen LogP contribution is 2.29. The molecule has 1 aromatic carbocycles. The predicted molar refractivity (Wildman–Crippen MR) is 87.0 cm³/mol. The van der Waals surface area contributed by atoms with Crippen LogP contribution in [0.1, 0.15) is 24.1 Å². The number of rotatable bonds is 4. The molecule has 2 aromatic rings. The van der Waals surface area contributed by atoms with Gasteiger partial charge in [-0.05, 0) is 31.4 Å². The first-order valence-corrected chi connectivity index (χ1v) is 8.20. The van der Waals surface area contributed by atoms with Crippen LogP contribution in [0.4, 0.5) is 11.4 Å². The number of benzene rings is 1. The Kier molecular flexibility index (Phi) is 4.43. The Morgan fingerprint density at radius 3 is 2.75 bits per heavy atom. The predicted octanol–water partition coefficient (Wildman–Crippen LogP) is 4.40. The third-order valence-corrected chi connectivity index (χ3v) is 4.69. The number of hydrogen-bond acceptors (Lipinski definition) is 4.